The molecule has 0 radical (unpaired) electrons. The number of benzene rings is 1. The van der Waals surface area contributed by atoms with Crippen LogP contribution >= 0.6 is 0 Å². The zero-order chi connectivity index (χ0) is 12.1. The molecule has 1 aromatic rings. The highest BCUT2D eigenvalue weighted by Gasteiger charge is 2.16. The molecule has 0 aliphatic carbocycles. The molecule has 0 unspecified atom stereocenters. The molecule has 0 aromatic heterocycles. The fraction of sp³-hybridized carbons (Fsp3) is 0.462. The van der Waals surface area contributed by atoms with Crippen molar-refractivity contribution in [1.82, 2.24) is 0 Å². The number of nitrogens with one attached hydrogen (secondary N) is 1. The van der Waals surface area contributed by atoms with E-state index in [-0.39, 0.29) is 6.09 Å². The highest BCUT2D eigenvalue weighted by molar-refractivity contribution is 5.89. The minimum absolute atomic E-state index is 0.387. The Kier molecular flexibility index (Phi) is 3.85. The predicted octanol–water partition coefficient (Wildman–Crippen LogP) is 2.86. The molecule has 1 aliphatic rings. The van der Waals surface area contributed by atoms with Gasteiger partial charge in [0.1, 0.15) is 0 Å². The van der Waals surface area contributed by atoms with Crippen LogP contribution < -0.4 is 10.2 Å². The Bertz CT molecular complexity index is 387. The van der Waals surface area contributed by atoms with E-state index in [4.69, 9.17) is 4.74 Å². The van der Waals surface area contributed by atoms with Crippen LogP contribution in [-0.2, 0) is 4.74 Å². The van der Waals surface area contributed by atoms with Gasteiger partial charge < -0.3 is 9.64 Å². The molecular formula is C13H18N2O2. The summed E-state index contributed by atoms with van der Waals surface area (Å²) in [6, 6.07) is 7.85. The lowest BCUT2D eigenvalue weighted by Gasteiger charge is -2.21. The van der Waals surface area contributed by atoms with E-state index in [0.717, 1.165) is 24.5 Å². The lowest BCUT2D eigenvalue weighted by molar-refractivity contribution is 0.168. The van der Waals surface area contributed by atoms with Crippen molar-refractivity contribution in [2.45, 2.75) is 19.8 Å². The summed E-state index contributed by atoms with van der Waals surface area (Å²) in [6.07, 6.45) is 2.04. The summed E-state index contributed by atoms with van der Waals surface area (Å²) >= 11 is 0. The molecule has 1 N–H and O–H groups in total. The van der Waals surface area contributed by atoms with Gasteiger partial charge in [-0.1, -0.05) is 12.1 Å². The molecule has 4 nitrogen and oxygen atoms in total. The molecule has 0 saturated carbocycles. The zero-order valence-corrected chi connectivity index (χ0v) is 10.1. The molecule has 4 heteroatoms. The van der Waals surface area contributed by atoms with Gasteiger partial charge in [-0.3, -0.25) is 5.32 Å². The summed E-state index contributed by atoms with van der Waals surface area (Å²) in [5, 5.41) is 2.79. The number of amides is 1. The molecule has 0 spiro atoms. The largest absolute Gasteiger partial charge is 0.450 e. The van der Waals surface area contributed by atoms with Crippen LogP contribution in [0.25, 0.3) is 0 Å². The van der Waals surface area contributed by atoms with Crippen LogP contribution in [-0.4, -0.2) is 25.8 Å². The second-order valence-corrected chi connectivity index (χ2v) is 4.06. The molecular weight excluding hydrogens is 216 g/mol. The Balaban J connectivity index is 2.12. The summed E-state index contributed by atoms with van der Waals surface area (Å²) in [5.74, 6) is 0. The van der Waals surface area contributed by atoms with E-state index < -0.39 is 0 Å². The van der Waals surface area contributed by atoms with Crippen LogP contribution in [0, 0.1) is 0 Å². The van der Waals surface area contributed by atoms with Crippen LogP contribution in [0.2, 0.25) is 0 Å². The van der Waals surface area contributed by atoms with E-state index in [1.165, 1.54) is 12.8 Å². The first kappa shape index (κ1) is 11.8. The van der Waals surface area contributed by atoms with Crippen LogP contribution in [0.15, 0.2) is 24.3 Å². The molecule has 17 heavy (non-hydrogen) atoms. The van der Waals surface area contributed by atoms with E-state index in [2.05, 4.69) is 10.2 Å². The van der Waals surface area contributed by atoms with Crippen molar-refractivity contribution >= 4 is 17.5 Å². The molecule has 1 saturated heterocycles. The van der Waals surface area contributed by atoms with E-state index in [9.17, 15) is 4.79 Å². The molecule has 1 fully saturated rings. The second-order valence-electron chi connectivity index (χ2n) is 4.06. The summed E-state index contributed by atoms with van der Waals surface area (Å²) in [5.41, 5.74) is 1.91. The summed E-state index contributed by atoms with van der Waals surface area (Å²) in [4.78, 5) is 13.7. The van der Waals surface area contributed by atoms with Crippen molar-refractivity contribution < 1.29 is 9.53 Å². The van der Waals surface area contributed by atoms with Crippen LogP contribution in [0.1, 0.15) is 19.8 Å². The fourth-order valence-electron chi connectivity index (χ4n) is 2.09. The zero-order valence-electron chi connectivity index (χ0n) is 10.1. The molecule has 1 heterocycles. The molecule has 1 amide bonds. The minimum atomic E-state index is -0.390. The van der Waals surface area contributed by atoms with Crippen LogP contribution in [0.4, 0.5) is 16.2 Å². The number of anilines is 2. The van der Waals surface area contributed by atoms with Crippen molar-refractivity contribution in [2.75, 3.05) is 29.9 Å². The Labute approximate surface area is 102 Å². The number of nitrogens with zero attached hydrogens (tertiary/aromatic N) is 1. The van der Waals surface area contributed by atoms with Crippen molar-refractivity contribution in [3.05, 3.63) is 24.3 Å². The van der Waals surface area contributed by atoms with Gasteiger partial charge in [-0.2, -0.15) is 0 Å². The van der Waals surface area contributed by atoms with E-state index in [1.807, 2.05) is 24.3 Å². The third kappa shape index (κ3) is 2.90. The van der Waals surface area contributed by atoms with Crippen LogP contribution in [0.3, 0.4) is 0 Å². The van der Waals surface area contributed by atoms with Gasteiger partial charge in [-0.25, -0.2) is 4.79 Å². The number of rotatable bonds is 3. The number of para-hydroxylation sites is 2. The molecule has 0 bridgehead atoms. The maximum absolute atomic E-state index is 11.4. The van der Waals surface area contributed by atoms with Crippen molar-refractivity contribution in [1.29, 1.82) is 0 Å². The van der Waals surface area contributed by atoms with Gasteiger partial charge in [-0.05, 0) is 31.9 Å². The number of ether oxygens (including phenoxy) is 1. The average molecular weight is 234 g/mol. The van der Waals surface area contributed by atoms with Crippen molar-refractivity contribution in [3.63, 3.8) is 0 Å². The maximum Gasteiger partial charge on any atom is 0.411 e. The number of hydrogen-bond acceptors (Lipinski definition) is 3. The number of carbonyl (C=O) groups is 1. The lowest BCUT2D eigenvalue weighted by Crippen LogP contribution is -2.21. The average Bonchev–Trinajstić information content (AvgIpc) is 2.83. The molecule has 1 aliphatic heterocycles. The lowest BCUT2D eigenvalue weighted by atomic mass is 10.2. The third-order valence-electron chi connectivity index (χ3n) is 2.86. The van der Waals surface area contributed by atoms with Gasteiger partial charge in [0.2, 0.25) is 0 Å². The van der Waals surface area contributed by atoms with E-state index in [1.54, 1.807) is 6.92 Å². The predicted molar refractivity (Wildman–Crippen MR) is 68.5 cm³/mol. The second kappa shape index (κ2) is 5.57. The molecule has 0 atom stereocenters. The summed E-state index contributed by atoms with van der Waals surface area (Å²) in [7, 11) is 0. The number of carbonyl (C=O) groups excluding carboxylic acids is 1. The Hall–Kier alpha value is -1.71. The number of hydrogen-bond donors (Lipinski definition) is 1. The Morgan fingerprint density at radius 3 is 2.76 bits per heavy atom. The maximum atomic E-state index is 11.4. The van der Waals surface area contributed by atoms with E-state index >= 15 is 0 Å². The van der Waals surface area contributed by atoms with Gasteiger partial charge in [-0.15, -0.1) is 0 Å². The van der Waals surface area contributed by atoms with Gasteiger partial charge in [0, 0.05) is 13.1 Å². The SMILES string of the molecule is CCOC(=O)Nc1ccccc1N1CCCC1. The first-order chi connectivity index (χ1) is 8.31. The topological polar surface area (TPSA) is 41.6 Å². The molecule has 1 aromatic carbocycles. The third-order valence-corrected chi connectivity index (χ3v) is 2.86. The van der Waals surface area contributed by atoms with Gasteiger partial charge in [0.15, 0.2) is 0 Å². The molecule has 2 rings (SSSR count). The minimum Gasteiger partial charge on any atom is -0.450 e. The Morgan fingerprint density at radius 1 is 1.35 bits per heavy atom. The van der Waals surface area contributed by atoms with E-state index in [0.29, 0.717) is 6.61 Å². The monoisotopic (exact) mass is 234 g/mol. The quantitative estimate of drug-likeness (QED) is 0.874. The van der Waals surface area contributed by atoms with Gasteiger partial charge >= 0.3 is 6.09 Å². The first-order valence-electron chi connectivity index (χ1n) is 6.09. The van der Waals surface area contributed by atoms with Crippen molar-refractivity contribution in [2.24, 2.45) is 0 Å². The highest BCUT2D eigenvalue weighted by atomic mass is 16.5. The fourth-order valence-corrected chi connectivity index (χ4v) is 2.09. The van der Waals surface area contributed by atoms with Crippen molar-refractivity contribution in [3.8, 4) is 0 Å². The Morgan fingerprint density at radius 2 is 2.06 bits per heavy atom. The molecule has 92 valence electrons. The van der Waals surface area contributed by atoms with Gasteiger partial charge in [0.25, 0.3) is 0 Å². The summed E-state index contributed by atoms with van der Waals surface area (Å²) in [6.45, 7) is 4.30. The summed E-state index contributed by atoms with van der Waals surface area (Å²) < 4.78 is 4.89. The normalized spacial score (nSPS) is 14.8. The van der Waals surface area contributed by atoms with Gasteiger partial charge in [0.05, 0.1) is 18.0 Å². The standard InChI is InChI=1S/C13H18N2O2/c1-2-17-13(16)14-11-7-3-4-8-12(11)15-9-5-6-10-15/h3-4,7-8H,2,5-6,9-10H2,1H3,(H,14,16). The first-order valence-corrected chi connectivity index (χ1v) is 6.09. The van der Waals surface area contributed by atoms with Crippen LogP contribution in [0.5, 0.6) is 0 Å². The highest BCUT2D eigenvalue weighted by Crippen LogP contribution is 2.28. The smallest absolute Gasteiger partial charge is 0.411 e.